The summed E-state index contributed by atoms with van der Waals surface area (Å²) >= 11 is 0. The average molecular weight is 460 g/mol. The number of aliphatic hydroxyl groups is 2. The summed E-state index contributed by atoms with van der Waals surface area (Å²) in [5.74, 6) is -0.208. The van der Waals surface area contributed by atoms with Gasteiger partial charge in [0.05, 0.1) is 30.3 Å². The SMILES string of the molecule is CC(c1c[nH]c2c(N)ncnc12)(C1c2ccccc2-c2ccccc21)N(C(=O)O)C(CO)CO. The second-order valence-electron chi connectivity index (χ2n) is 8.61. The Morgan fingerprint density at radius 2 is 1.68 bits per heavy atom. The Morgan fingerprint density at radius 3 is 2.24 bits per heavy atom. The topological polar surface area (TPSA) is 149 Å². The van der Waals surface area contributed by atoms with Gasteiger partial charge in [-0.25, -0.2) is 14.8 Å². The Bertz CT molecular complexity index is 1340. The fourth-order valence-electron chi connectivity index (χ4n) is 5.48. The predicted molar refractivity (Wildman–Crippen MR) is 127 cm³/mol. The van der Waals surface area contributed by atoms with E-state index in [1.807, 2.05) is 55.5 Å². The summed E-state index contributed by atoms with van der Waals surface area (Å²) in [6.07, 6.45) is 1.77. The standard InChI is InChI=1S/C25H25N5O4/c1-25(30(24(33)34)14(11-31)12-32,19-10-27-22-21(19)28-13-29-23(22)26)20-17-8-4-2-6-15(17)16-7-3-5-9-18(16)20/h2-10,13-14,20,27,31-32H,11-12H2,1H3,(H,33,34)(H2,26,28,29). The van der Waals surface area contributed by atoms with Gasteiger partial charge in [0.25, 0.3) is 0 Å². The van der Waals surface area contributed by atoms with Crippen LogP contribution in [0.3, 0.4) is 0 Å². The molecule has 34 heavy (non-hydrogen) atoms. The Hall–Kier alpha value is -3.95. The molecule has 2 aromatic heterocycles. The number of aromatic nitrogens is 3. The van der Waals surface area contributed by atoms with Gasteiger partial charge in [-0.3, -0.25) is 4.90 Å². The van der Waals surface area contributed by atoms with Crippen LogP contribution in [0.2, 0.25) is 0 Å². The molecule has 5 rings (SSSR count). The van der Waals surface area contributed by atoms with Crippen LogP contribution in [0.25, 0.3) is 22.2 Å². The number of benzene rings is 2. The molecule has 0 aliphatic heterocycles. The van der Waals surface area contributed by atoms with Crippen LogP contribution in [-0.2, 0) is 5.54 Å². The maximum absolute atomic E-state index is 12.8. The molecular weight excluding hydrogens is 434 g/mol. The van der Waals surface area contributed by atoms with Crippen LogP contribution in [-0.4, -0.2) is 60.5 Å². The lowest BCUT2D eigenvalue weighted by Gasteiger charge is -2.47. The Morgan fingerprint density at radius 1 is 1.09 bits per heavy atom. The molecule has 4 aromatic rings. The Balaban J connectivity index is 1.88. The van der Waals surface area contributed by atoms with Gasteiger partial charge in [0.15, 0.2) is 5.82 Å². The Kier molecular flexibility index (Phi) is 5.22. The van der Waals surface area contributed by atoms with Crippen molar-refractivity contribution in [3.63, 3.8) is 0 Å². The van der Waals surface area contributed by atoms with Gasteiger partial charge >= 0.3 is 6.09 Å². The number of carbonyl (C=O) groups is 1. The van der Waals surface area contributed by atoms with Crippen molar-refractivity contribution in [3.8, 4) is 11.1 Å². The molecule has 0 saturated heterocycles. The lowest BCUT2D eigenvalue weighted by Crippen LogP contribution is -2.57. The second-order valence-corrected chi connectivity index (χ2v) is 8.61. The minimum absolute atomic E-state index is 0.244. The molecule has 1 aliphatic rings. The smallest absolute Gasteiger partial charge is 0.408 e. The molecule has 0 bridgehead atoms. The minimum Gasteiger partial charge on any atom is -0.465 e. The minimum atomic E-state index is -1.29. The molecule has 9 heteroatoms. The zero-order valence-electron chi connectivity index (χ0n) is 18.5. The summed E-state index contributed by atoms with van der Waals surface area (Å²) in [7, 11) is 0. The highest BCUT2D eigenvalue weighted by Crippen LogP contribution is 2.56. The quantitative estimate of drug-likeness (QED) is 0.298. The molecule has 1 atom stereocenters. The zero-order chi connectivity index (χ0) is 24.0. The maximum Gasteiger partial charge on any atom is 0.408 e. The number of carboxylic acid groups (broad SMARTS) is 1. The summed E-state index contributed by atoms with van der Waals surface area (Å²) in [5, 5.41) is 30.6. The van der Waals surface area contributed by atoms with Crippen molar-refractivity contribution < 1.29 is 20.1 Å². The number of H-pyrrole nitrogens is 1. The number of nitrogen functional groups attached to an aromatic ring is 1. The lowest BCUT2D eigenvalue weighted by atomic mass is 9.73. The van der Waals surface area contributed by atoms with Crippen molar-refractivity contribution in [1.29, 1.82) is 0 Å². The zero-order valence-corrected chi connectivity index (χ0v) is 18.5. The Labute approximate surface area is 195 Å². The number of anilines is 1. The fourth-order valence-corrected chi connectivity index (χ4v) is 5.48. The monoisotopic (exact) mass is 459 g/mol. The summed E-state index contributed by atoms with van der Waals surface area (Å²) < 4.78 is 0. The first-order chi connectivity index (χ1) is 16.4. The average Bonchev–Trinajstić information content (AvgIpc) is 3.43. The number of rotatable bonds is 6. The van der Waals surface area contributed by atoms with E-state index in [0.29, 0.717) is 16.6 Å². The van der Waals surface area contributed by atoms with Crippen LogP contribution in [0, 0.1) is 0 Å². The van der Waals surface area contributed by atoms with E-state index in [2.05, 4.69) is 15.0 Å². The van der Waals surface area contributed by atoms with Crippen LogP contribution in [0.15, 0.2) is 61.1 Å². The van der Waals surface area contributed by atoms with Crippen LogP contribution >= 0.6 is 0 Å². The van der Waals surface area contributed by atoms with Crippen LogP contribution < -0.4 is 5.73 Å². The largest absolute Gasteiger partial charge is 0.465 e. The normalized spacial score (nSPS) is 14.7. The predicted octanol–water partition coefficient (Wildman–Crippen LogP) is 2.90. The van der Waals surface area contributed by atoms with Crippen LogP contribution in [0.1, 0.15) is 29.5 Å². The summed E-state index contributed by atoms with van der Waals surface area (Å²) in [6, 6.07) is 14.7. The first-order valence-corrected chi connectivity index (χ1v) is 10.9. The third-order valence-electron chi connectivity index (χ3n) is 6.93. The van der Waals surface area contributed by atoms with E-state index < -0.39 is 36.8 Å². The van der Waals surface area contributed by atoms with Crippen molar-refractivity contribution >= 4 is 22.9 Å². The molecule has 6 N–H and O–H groups in total. The highest BCUT2D eigenvalue weighted by atomic mass is 16.4. The van der Waals surface area contributed by atoms with E-state index in [4.69, 9.17) is 5.73 Å². The molecule has 9 nitrogen and oxygen atoms in total. The molecule has 2 aromatic carbocycles. The molecule has 1 unspecified atom stereocenters. The fraction of sp³-hybridized carbons (Fsp3) is 0.240. The van der Waals surface area contributed by atoms with E-state index in [1.165, 1.54) is 6.33 Å². The molecule has 2 heterocycles. The summed E-state index contributed by atoms with van der Waals surface area (Å²) in [5.41, 5.74) is 10.3. The van der Waals surface area contributed by atoms with Crippen molar-refractivity contribution in [2.75, 3.05) is 18.9 Å². The summed E-state index contributed by atoms with van der Waals surface area (Å²) in [4.78, 5) is 25.6. The van der Waals surface area contributed by atoms with Crippen molar-refractivity contribution in [2.24, 2.45) is 0 Å². The third-order valence-corrected chi connectivity index (χ3v) is 6.93. The van der Waals surface area contributed by atoms with E-state index in [-0.39, 0.29) is 5.82 Å². The highest BCUT2D eigenvalue weighted by Gasteiger charge is 2.52. The van der Waals surface area contributed by atoms with E-state index in [9.17, 15) is 20.1 Å². The molecule has 0 radical (unpaired) electrons. The van der Waals surface area contributed by atoms with Crippen molar-refractivity contribution in [3.05, 3.63) is 77.7 Å². The number of fused-ring (bicyclic) bond motifs is 4. The van der Waals surface area contributed by atoms with Crippen molar-refractivity contribution in [2.45, 2.75) is 24.4 Å². The number of nitrogens with two attached hydrogens (primary N) is 1. The molecule has 1 amide bonds. The molecular formula is C25H25N5O4. The number of amides is 1. The van der Waals surface area contributed by atoms with Crippen LogP contribution in [0.4, 0.5) is 10.6 Å². The van der Waals surface area contributed by atoms with Gasteiger partial charge in [-0.2, -0.15) is 0 Å². The van der Waals surface area contributed by atoms with Gasteiger partial charge in [0.2, 0.25) is 0 Å². The van der Waals surface area contributed by atoms with Crippen molar-refractivity contribution in [1.82, 2.24) is 19.9 Å². The number of aromatic amines is 1. The number of nitrogens with zero attached hydrogens (tertiary/aromatic N) is 3. The second kappa shape index (κ2) is 8.12. The van der Waals surface area contributed by atoms with Gasteiger partial charge < -0.3 is 26.0 Å². The number of aliphatic hydroxyl groups excluding tert-OH is 2. The van der Waals surface area contributed by atoms with Crippen LogP contribution in [0.5, 0.6) is 0 Å². The van der Waals surface area contributed by atoms with Gasteiger partial charge in [-0.1, -0.05) is 48.5 Å². The van der Waals surface area contributed by atoms with Gasteiger partial charge in [0, 0.05) is 17.7 Å². The molecule has 0 spiro atoms. The number of hydrogen-bond acceptors (Lipinski definition) is 6. The first kappa shape index (κ1) is 21.9. The van der Waals surface area contributed by atoms with E-state index in [0.717, 1.165) is 27.2 Å². The third kappa shape index (κ3) is 2.98. The number of nitrogens with one attached hydrogen (secondary N) is 1. The first-order valence-electron chi connectivity index (χ1n) is 10.9. The number of hydrogen-bond donors (Lipinski definition) is 5. The van der Waals surface area contributed by atoms with Gasteiger partial charge in [0.1, 0.15) is 11.8 Å². The molecule has 0 fully saturated rings. The maximum atomic E-state index is 12.8. The van der Waals surface area contributed by atoms with E-state index in [1.54, 1.807) is 6.20 Å². The highest BCUT2D eigenvalue weighted by molar-refractivity contribution is 5.89. The molecule has 174 valence electrons. The summed E-state index contributed by atoms with van der Waals surface area (Å²) in [6.45, 7) is 0.714. The van der Waals surface area contributed by atoms with Gasteiger partial charge in [-0.15, -0.1) is 0 Å². The molecule has 0 saturated carbocycles. The lowest BCUT2D eigenvalue weighted by molar-refractivity contribution is 0.000447. The van der Waals surface area contributed by atoms with Gasteiger partial charge in [-0.05, 0) is 29.2 Å². The molecule has 1 aliphatic carbocycles. The van der Waals surface area contributed by atoms with E-state index >= 15 is 0 Å².